The number of amides is 1. The molecule has 0 bridgehead atoms. The molecule has 0 radical (unpaired) electrons. The highest BCUT2D eigenvalue weighted by atomic mass is 16.5. The van der Waals surface area contributed by atoms with E-state index in [0.717, 1.165) is 74.0 Å². The largest absolute Gasteiger partial charge is 0.481 e. The zero-order valence-corrected chi connectivity index (χ0v) is 31.9. The molecule has 4 aliphatic carbocycles. The van der Waals surface area contributed by atoms with E-state index in [1.807, 2.05) is 0 Å². The quantitative estimate of drug-likeness (QED) is 0.0784. The van der Waals surface area contributed by atoms with E-state index in [9.17, 15) is 19.2 Å². The van der Waals surface area contributed by atoms with Gasteiger partial charge in [-0.2, -0.15) is 0 Å². The predicted octanol–water partition coefficient (Wildman–Crippen LogP) is 9.19. The van der Waals surface area contributed by atoms with E-state index >= 15 is 0 Å². The number of aliphatic carboxylic acids is 1. The minimum atomic E-state index is -1.08. The van der Waals surface area contributed by atoms with Gasteiger partial charge in [0.2, 0.25) is 5.91 Å². The van der Waals surface area contributed by atoms with Crippen molar-refractivity contribution in [3.05, 3.63) is 11.6 Å². The van der Waals surface area contributed by atoms with Gasteiger partial charge >= 0.3 is 17.9 Å². The van der Waals surface area contributed by atoms with E-state index in [2.05, 4.69) is 46.0 Å². The zero-order valence-electron chi connectivity index (χ0n) is 32.9. The highest BCUT2D eigenvalue weighted by molar-refractivity contribution is 5.77. The lowest BCUT2D eigenvalue weighted by molar-refractivity contribution is -0.151. The number of rotatable bonds is 19. The van der Waals surface area contributed by atoms with E-state index in [4.69, 9.17) is 16.0 Å². The number of esters is 2. The standard InChI is InChI=1S/C42H69NO7/c1-28(2)12-11-13-29(3)34-18-19-35-33-17-16-31-26-32(22-24-41(31,5)36(33)23-25-42(34,35)6)50-40(48)15-10-8-7-9-14-37(44)43-30(4)27-49-39(47)21-20-38(45)46/h16,28-30,32-36H,7-15,17-27H2,1-6H3,(H,43,44)(H,45,46)/t29-,30?,32+,33?,34-,35?,36?,41+,42-/m1/s1/i4D. The summed E-state index contributed by atoms with van der Waals surface area (Å²) in [5, 5.41) is 11.4. The van der Waals surface area contributed by atoms with Crippen LogP contribution in [0.3, 0.4) is 0 Å². The molecule has 0 heterocycles. The minimum absolute atomic E-state index is 0.0186. The number of carbonyl (C=O) groups excluding carboxylic acids is 3. The van der Waals surface area contributed by atoms with Crippen molar-refractivity contribution in [2.75, 3.05) is 6.61 Å². The molecular weight excluding hydrogens is 630 g/mol. The summed E-state index contributed by atoms with van der Waals surface area (Å²) in [7, 11) is 0. The van der Waals surface area contributed by atoms with Gasteiger partial charge in [0.15, 0.2) is 0 Å². The number of fused-ring (bicyclic) bond motifs is 5. The maximum absolute atomic E-state index is 12.8. The first-order valence-electron chi connectivity index (χ1n) is 20.8. The minimum Gasteiger partial charge on any atom is -0.481 e. The summed E-state index contributed by atoms with van der Waals surface area (Å²) < 4.78 is 18.6. The lowest BCUT2D eigenvalue weighted by atomic mass is 9.47. The van der Waals surface area contributed by atoms with E-state index in [0.29, 0.717) is 24.7 Å². The molecular formula is C42H69NO7. The van der Waals surface area contributed by atoms with Crippen molar-refractivity contribution in [3.63, 3.8) is 0 Å². The van der Waals surface area contributed by atoms with Gasteiger partial charge in [0.1, 0.15) is 12.7 Å². The fraction of sp³-hybridized carbons (Fsp3) is 0.857. The van der Waals surface area contributed by atoms with Crippen molar-refractivity contribution < 1.29 is 35.1 Å². The molecule has 1 amide bonds. The average molecular weight is 701 g/mol. The first kappa shape index (κ1) is 38.8. The van der Waals surface area contributed by atoms with Crippen LogP contribution in [-0.2, 0) is 28.7 Å². The highest BCUT2D eigenvalue weighted by Gasteiger charge is 2.59. The van der Waals surface area contributed by atoms with Gasteiger partial charge in [-0.1, -0.05) is 78.4 Å². The van der Waals surface area contributed by atoms with Crippen LogP contribution >= 0.6 is 0 Å². The summed E-state index contributed by atoms with van der Waals surface area (Å²) in [6, 6.07) is -0.624. The molecule has 8 nitrogen and oxygen atoms in total. The Morgan fingerprint density at radius 3 is 2.38 bits per heavy atom. The van der Waals surface area contributed by atoms with Crippen LogP contribution in [0.15, 0.2) is 11.6 Å². The summed E-state index contributed by atoms with van der Waals surface area (Å²) in [6.45, 7) is 12.2. The van der Waals surface area contributed by atoms with Crippen molar-refractivity contribution in [3.8, 4) is 0 Å². The number of unbranched alkanes of at least 4 members (excludes halogenated alkanes) is 3. The van der Waals surface area contributed by atoms with Gasteiger partial charge < -0.3 is 19.9 Å². The first-order valence-corrected chi connectivity index (χ1v) is 20.1. The van der Waals surface area contributed by atoms with Crippen molar-refractivity contribution in [2.24, 2.45) is 46.3 Å². The molecule has 0 saturated heterocycles. The van der Waals surface area contributed by atoms with Gasteiger partial charge in [0, 0.05) is 20.6 Å². The van der Waals surface area contributed by atoms with E-state index in [1.165, 1.54) is 51.4 Å². The topological polar surface area (TPSA) is 119 Å². The Bertz CT molecular complexity index is 1220. The third kappa shape index (κ3) is 10.6. The molecule has 2 N–H and O–H groups in total. The smallest absolute Gasteiger partial charge is 0.306 e. The molecule has 0 spiro atoms. The van der Waals surface area contributed by atoms with Crippen LogP contribution in [0.2, 0.25) is 0 Å². The van der Waals surface area contributed by atoms with Crippen LogP contribution in [0.5, 0.6) is 0 Å². The molecule has 9 atom stereocenters. The van der Waals surface area contributed by atoms with E-state index in [-0.39, 0.29) is 49.7 Å². The Labute approximate surface area is 304 Å². The number of carboxylic acid groups (broad SMARTS) is 1. The fourth-order valence-corrected chi connectivity index (χ4v) is 10.7. The number of ether oxygens (including phenoxy) is 2. The van der Waals surface area contributed by atoms with Crippen LogP contribution in [-0.4, -0.2) is 47.7 Å². The van der Waals surface area contributed by atoms with Crippen molar-refractivity contribution in [1.82, 2.24) is 5.32 Å². The van der Waals surface area contributed by atoms with Crippen LogP contribution in [0.25, 0.3) is 0 Å². The van der Waals surface area contributed by atoms with Gasteiger partial charge in [-0.15, -0.1) is 0 Å². The maximum atomic E-state index is 12.8. The predicted molar refractivity (Wildman–Crippen MR) is 196 cm³/mol. The van der Waals surface area contributed by atoms with E-state index < -0.39 is 18.0 Å². The maximum Gasteiger partial charge on any atom is 0.306 e. The molecule has 0 aromatic carbocycles. The third-order valence-electron chi connectivity index (χ3n) is 13.4. The lowest BCUT2D eigenvalue weighted by Gasteiger charge is -2.58. The number of hydrogen-bond acceptors (Lipinski definition) is 6. The van der Waals surface area contributed by atoms with E-state index in [1.54, 1.807) is 5.57 Å². The Kier molecular flexibility index (Phi) is 14.3. The van der Waals surface area contributed by atoms with Crippen LogP contribution in [0.4, 0.5) is 0 Å². The fourth-order valence-electron chi connectivity index (χ4n) is 10.7. The second-order valence-corrected chi connectivity index (χ2v) is 17.4. The SMILES string of the molecule is [2H]CC(COC(=O)CCC(=O)O)NC(=O)CCCCCCC(=O)O[C@H]1CC[C@@]2(C)C(=CCC3C2CC[C@@]2(C)C3CC[C@@H]2[C@H](C)CCCC(C)C)C1. The summed E-state index contributed by atoms with van der Waals surface area (Å²) in [5.41, 5.74) is 2.29. The van der Waals surface area contributed by atoms with Gasteiger partial charge in [0.05, 0.1) is 18.9 Å². The molecule has 4 aliphatic rings. The lowest BCUT2D eigenvalue weighted by Crippen LogP contribution is -2.51. The summed E-state index contributed by atoms with van der Waals surface area (Å²) in [6.07, 6.45) is 19.6. The summed E-state index contributed by atoms with van der Waals surface area (Å²) in [5.74, 6) is 2.86. The molecule has 0 aromatic heterocycles. The van der Waals surface area contributed by atoms with Gasteiger partial charge in [-0.25, -0.2) is 0 Å². The molecule has 3 fully saturated rings. The number of allylic oxidation sites excluding steroid dienone is 1. The van der Waals surface area contributed by atoms with Crippen molar-refractivity contribution in [2.45, 2.75) is 176 Å². The summed E-state index contributed by atoms with van der Waals surface area (Å²) >= 11 is 0. The zero-order chi connectivity index (χ0) is 37.2. The highest BCUT2D eigenvalue weighted by Crippen LogP contribution is 2.67. The molecule has 4 unspecified atom stereocenters. The first-order chi connectivity index (χ1) is 24.3. The number of carbonyl (C=O) groups is 4. The molecule has 0 aliphatic heterocycles. The van der Waals surface area contributed by atoms with Crippen molar-refractivity contribution >= 4 is 23.8 Å². The molecule has 3 saturated carbocycles. The molecule has 8 heteroatoms. The van der Waals surface area contributed by atoms with Crippen LogP contribution < -0.4 is 5.32 Å². The Hall–Kier alpha value is -2.38. The van der Waals surface area contributed by atoms with Gasteiger partial charge in [0.25, 0.3) is 0 Å². The number of hydrogen-bond donors (Lipinski definition) is 2. The second-order valence-electron chi connectivity index (χ2n) is 17.4. The molecule has 50 heavy (non-hydrogen) atoms. The summed E-state index contributed by atoms with van der Waals surface area (Å²) in [4.78, 5) is 47.3. The Balaban J connectivity index is 1.13. The number of carboxylic acids is 1. The third-order valence-corrected chi connectivity index (χ3v) is 13.4. The van der Waals surface area contributed by atoms with Gasteiger partial charge in [-0.05, 0) is 111 Å². The monoisotopic (exact) mass is 701 g/mol. The molecule has 0 aromatic rings. The van der Waals surface area contributed by atoms with Crippen LogP contribution in [0.1, 0.15) is 165 Å². The Morgan fingerprint density at radius 1 is 0.900 bits per heavy atom. The molecule has 284 valence electrons. The Morgan fingerprint density at radius 2 is 1.66 bits per heavy atom. The number of nitrogens with one attached hydrogen (secondary N) is 1. The average Bonchev–Trinajstić information content (AvgIpc) is 3.44. The molecule has 4 rings (SSSR count). The van der Waals surface area contributed by atoms with Gasteiger partial charge in [-0.3, -0.25) is 19.2 Å². The normalized spacial score (nSPS) is 31.7. The second kappa shape index (κ2) is 18.4. The van der Waals surface area contributed by atoms with Crippen LogP contribution in [0, 0.1) is 46.3 Å². The van der Waals surface area contributed by atoms with Crippen molar-refractivity contribution in [1.29, 1.82) is 0 Å².